The zero-order valence-electron chi connectivity index (χ0n) is 10.1. The number of primary amides is 1. The number of aromatic nitrogens is 2. The number of carbonyl (C=O) groups is 1. The molecule has 92 valence electrons. The lowest BCUT2D eigenvalue weighted by molar-refractivity contribution is 0.0990. The normalized spacial score (nSPS) is 10.5. The van der Waals surface area contributed by atoms with Crippen molar-refractivity contribution in [2.45, 2.75) is 0 Å². The van der Waals surface area contributed by atoms with Gasteiger partial charge in [-0.1, -0.05) is 42.5 Å². The highest BCUT2D eigenvalue weighted by atomic mass is 16.1. The average molecular weight is 249 g/mol. The Kier molecular flexibility index (Phi) is 2.68. The van der Waals surface area contributed by atoms with Gasteiger partial charge in [0.2, 0.25) is 5.82 Å². The van der Waals surface area contributed by atoms with Crippen LogP contribution in [0.4, 0.5) is 0 Å². The van der Waals surface area contributed by atoms with Gasteiger partial charge in [0.1, 0.15) is 0 Å². The molecule has 19 heavy (non-hydrogen) atoms. The van der Waals surface area contributed by atoms with E-state index < -0.39 is 5.91 Å². The van der Waals surface area contributed by atoms with E-state index in [-0.39, 0.29) is 5.82 Å². The zero-order chi connectivity index (χ0) is 13.2. The standard InChI is InChI=1S/C15H11N3O/c16-14(19)15-17-9-8-13(18-15)12-7-3-5-10-4-1-2-6-11(10)12/h1-9H,(H2,16,19). The predicted molar refractivity (Wildman–Crippen MR) is 73.5 cm³/mol. The van der Waals surface area contributed by atoms with Gasteiger partial charge in [-0.15, -0.1) is 0 Å². The van der Waals surface area contributed by atoms with E-state index in [0.29, 0.717) is 5.69 Å². The number of fused-ring (bicyclic) bond motifs is 1. The molecule has 0 bridgehead atoms. The summed E-state index contributed by atoms with van der Waals surface area (Å²) in [4.78, 5) is 19.2. The van der Waals surface area contributed by atoms with Crippen LogP contribution in [0.3, 0.4) is 0 Å². The lowest BCUT2D eigenvalue weighted by atomic mass is 10.0. The Morgan fingerprint density at radius 2 is 1.79 bits per heavy atom. The van der Waals surface area contributed by atoms with Crippen LogP contribution in [0.15, 0.2) is 54.7 Å². The topological polar surface area (TPSA) is 68.9 Å². The molecule has 4 heteroatoms. The van der Waals surface area contributed by atoms with Crippen LogP contribution in [0.1, 0.15) is 10.6 Å². The Hall–Kier alpha value is -2.75. The first-order valence-corrected chi connectivity index (χ1v) is 5.87. The van der Waals surface area contributed by atoms with Crippen molar-refractivity contribution in [2.75, 3.05) is 0 Å². The second kappa shape index (κ2) is 4.49. The van der Waals surface area contributed by atoms with E-state index in [2.05, 4.69) is 9.97 Å². The quantitative estimate of drug-likeness (QED) is 0.758. The maximum Gasteiger partial charge on any atom is 0.286 e. The van der Waals surface area contributed by atoms with Crippen molar-refractivity contribution in [3.63, 3.8) is 0 Å². The third kappa shape index (κ3) is 2.04. The molecular weight excluding hydrogens is 238 g/mol. The maximum atomic E-state index is 11.1. The second-order valence-electron chi connectivity index (χ2n) is 4.16. The monoisotopic (exact) mass is 249 g/mol. The molecule has 2 aromatic carbocycles. The molecule has 0 saturated carbocycles. The molecule has 0 fully saturated rings. The molecule has 3 aromatic rings. The van der Waals surface area contributed by atoms with E-state index in [1.807, 2.05) is 42.5 Å². The second-order valence-corrected chi connectivity index (χ2v) is 4.16. The van der Waals surface area contributed by atoms with E-state index in [9.17, 15) is 4.79 Å². The van der Waals surface area contributed by atoms with E-state index >= 15 is 0 Å². The van der Waals surface area contributed by atoms with Gasteiger partial charge in [-0.25, -0.2) is 9.97 Å². The number of rotatable bonds is 2. The molecule has 1 amide bonds. The SMILES string of the molecule is NC(=O)c1nccc(-c2cccc3ccccc23)n1. The zero-order valence-corrected chi connectivity index (χ0v) is 10.1. The smallest absolute Gasteiger partial charge is 0.286 e. The van der Waals surface area contributed by atoms with E-state index in [1.165, 1.54) is 0 Å². The summed E-state index contributed by atoms with van der Waals surface area (Å²) in [7, 11) is 0. The van der Waals surface area contributed by atoms with Gasteiger partial charge in [0.25, 0.3) is 5.91 Å². The van der Waals surface area contributed by atoms with Crippen LogP contribution >= 0.6 is 0 Å². The van der Waals surface area contributed by atoms with Crippen molar-refractivity contribution in [1.29, 1.82) is 0 Å². The highest BCUT2D eigenvalue weighted by Gasteiger charge is 2.08. The highest BCUT2D eigenvalue weighted by molar-refractivity contribution is 5.96. The molecule has 0 radical (unpaired) electrons. The molecule has 0 aliphatic rings. The van der Waals surface area contributed by atoms with Crippen molar-refractivity contribution < 1.29 is 4.79 Å². The van der Waals surface area contributed by atoms with Crippen LogP contribution in [-0.2, 0) is 0 Å². The molecule has 0 atom stereocenters. The van der Waals surface area contributed by atoms with Crippen LogP contribution < -0.4 is 5.73 Å². The summed E-state index contributed by atoms with van der Waals surface area (Å²) < 4.78 is 0. The summed E-state index contributed by atoms with van der Waals surface area (Å²) in [6.45, 7) is 0. The molecule has 0 aliphatic heterocycles. The summed E-state index contributed by atoms with van der Waals surface area (Å²) in [5, 5.41) is 2.21. The Morgan fingerprint density at radius 1 is 1.00 bits per heavy atom. The Bertz CT molecular complexity index is 763. The van der Waals surface area contributed by atoms with Gasteiger partial charge in [-0.2, -0.15) is 0 Å². The molecule has 1 heterocycles. The van der Waals surface area contributed by atoms with Crippen molar-refractivity contribution in [3.05, 3.63) is 60.6 Å². The highest BCUT2D eigenvalue weighted by Crippen LogP contribution is 2.26. The molecule has 1 aromatic heterocycles. The lowest BCUT2D eigenvalue weighted by Crippen LogP contribution is -2.15. The summed E-state index contributed by atoms with van der Waals surface area (Å²) in [5.41, 5.74) is 6.87. The van der Waals surface area contributed by atoms with Crippen molar-refractivity contribution in [1.82, 2.24) is 9.97 Å². The average Bonchev–Trinajstić information content (AvgIpc) is 2.47. The van der Waals surface area contributed by atoms with Crippen molar-refractivity contribution in [2.24, 2.45) is 5.73 Å². The fraction of sp³-hybridized carbons (Fsp3) is 0. The molecule has 0 unspecified atom stereocenters. The van der Waals surface area contributed by atoms with Crippen LogP contribution in [0, 0.1) is 0 Å². The van der Waals surface area contributed by atoms with E-state index in [1.54, 1.807) is 12.3 Å². The molecule has 3 rings (SSSR count). The predicted octanol–water partition coefficient (Wildman–Crippen LogP) is 2.40. The minimum atomic E-state index is -0.623. The third-order valence-electron chi connectivity index (χ3n) is 2.94. The first-order chi connectivity index (χ1) is 9.25. The molecule has 0 aliphatic carbocycles. The maximum absolute atomic E-state index is 11.1. The summed E-state index contributed by atoms with van der Waals surface area (Å²) >= 11 is 0. The van der Waals surface area contributed by atoms with Gasteiger partial charge < -0.3 is 5.73 Å². The van der Waals surface area contributed by atoms with Crippen LogP contribution in [0.25, 0.3) is 22.0 Å². The number of nitrogens with zero attached hydrogens (tertiary/aromatic N) is 2. The molecule has 4 nitrogen and oxygen atoms in total. The fourth-order valence-electron chi connectivity index (χ4n) is 2.08. The minimum absolute atomic E-state index is 0.0328. The van der Waals surface area contributed by atoms with Crippen LogP contribution in [0.5, 0.6) is 0 Å². The lowest BCUT2D eigenvalue weighted by Gasteiger charge is -2.06. The number of hydrogen-bond acceptors (Lipinski definition) is 3. The number of carbonyl (C=O) groups excluding carboxylic acids is 1. The van der Waals surface area contributed by atoms with Crippen molar-refractivity contribution >= 4 is 16.7 Å². The number of amides is 1. The van der Waals surface area contributed by atoms with Gasteiger partial charge in [0.15, 0.2) is 0 Å². The summed E-state index contributed by atoms with van der Waals surface area (Å²) in [6.07, 6.45) is 1.55. The first kappa shape index (κ1) is 11.3. The van der Waals surface area contributed by atoms with Crippen LogP contribution in [0.2, 0.25) is 0 Å². The van der Waals surface area contributed by atoms with Gasteiger partial charge >= 0.3 is 0 Å². The molecule has 0 saturated heterocycles. The van der Waals surface area contributed by atoms with Gasteiger partial charge in [-0.05, 0) is 16.8 Å². The number of nitrogens with two attached hydrogens (primary N) is 1. The van der Waals surface area contributed by atoms with E-state index in [4.69, 9.17) is 5.73 Å². The summed E-state index contributed by atoms with van der Waals surface area (Å²) in [5.74, 6) is -0.590. The summed E-state index contributed by atoms with van der Waals surface area (Å²) in [6, 6.07) is 15.8. The Balaban J connectivity index is 2.24. The Labute approximate surface area is 109 Å². The van der Waals surface area contributed by atoms with Gasteiger partial charge in [0.05, 0.1) is 5.69 Å². The number of hydrogen-bond donors (Lipinski definition) is 1. The third-order valence-corrected chi connectivity index (χ3v) is 2.94. The van der Waals surface area contributed by atoms with Crippen molar-refractivity contribution in [3.8, 4) is 11.3 Å². The molecular formula is C15H11N3O. The minimum Gasteiger partial charge on any atom is -0.363 e. The van der Waals surface area contributed by atoms with Gasteiger partial charge in [-0.3, -0.25) is 4.79 Å². The van der Waals surface area contributed by atoms with E-state index in [0.717, 1.165) is 16.3 Å². The largest absolute Gasteiger partial charge is 0.363 e. The van der Waals surface area contributed by atoms with Gasteiger partial charge in [0, 0.05) is 11.8 Å². The first-order valence-electron chi connectivity index (χ1n) is 5.87. The Morgan fingerprint density at radius 3 is 2.63 bits per heavy atom. The molecule has 0 spiro atoms. The van der Waals surface area contributed by atoms with Crippen LogP contribution in [-0.4, -0.2) is 15.9 Å². The fourth-order valence-corrected chi connectivity index (χ4v) is 2.08. The molecule has 2 N–H and O–H groups in total. The number of benzene rings is 2.